The Labute approximate surface area is 185 Å². The average molecular weight is 443 g/mol. The number of hydrogen-bond donors (Lipinski definition) is 1. The van der Waals surface area contributed by atoms with Crippen LogP contribution in [0.5, 0.6) is 11.5 Å². The number of carboxylic acid groups (broad SMARTS) is 1. The molecular formula is C23H23ClN2O5. The molecule has 1 amide bonds. The van der Waals surface area contributed by atoms with E-state index in [2.05, 4.69) is 5.10 Å². The van der Waals surface area contributed by atoms with E-state index in [9.17, 15) is 9.59 Å². The highest BCUT2D eigenvalue weighted by atomic mass is 35.5. The van der Waals surface area contributed by atoms with Crippen LogP contribution in [0.3, 0.4) is 0 Å². The lowest BCUT2D eigenvalue weighted by Crippen LogP contribution is -2.21. The fraction of sp³-hybridized carbons (Fsp3) is 0.261. The summed E-state index contributed by atoms with van der Waals surface area (Å²) >= 11 is 6.43. The van der Waals surface area contributed by atoms with Gasteiger partial charge in [0.2, 0.25) is 0 Å². The Morgan fingerprint density at radius 3 is 2.52 bits per heavy atom. The zero-order chi connectivity index (χ0) is 22.7. The van der Waals surface area contributed by atoms with Gasteiger partial charge in [-0.25, -0.2) is 4.79 Å². The predicted octanol–water partition coefficient (Wildman–Crippen LogP) is 5.03. The minimum atomic E-state index is -1.04. The number of anilines is 1. The smallest absolute Gasteiger partial charge is 0.335 e. The normalized spacial score (nSPS) is 14.9. The van der Waals surface area contributed by atoms with Crippen LogP contribution >= 0.6 is 11.6 Å². The van der Waals surface area contributed by atoms with E-state index in [4.69, 9.17) is 26.2 Å². The van der Waals surface area contributed by atoms with E-state index in [-0.39, 0.29) is 17.6 Å². The Bertz CT molecular complexity index is 1070. The van der Waals surface area contributed by atoms with E-state index >= 15 is 0 Å². The highest BCUT2D eigenvalue weighted by Gasteiger charge is 2.29. The van der Waals surface area contributed by atoms with Crippen molar-refractivity contribution in [2.45, 2.75) is 33.8 Å². The fourth-order valence-corrected chi connectivity index (χ4v) is 3.32. The van der Waals surface area contributed by atoms with Crippen molar-refractivity contribution in [1.29, 1.82) is 0 Å². The Balaban J connectivity index is 1.94. The van der Waals surface area contributed by atoms with Gasteiger partial charge in [-0.05, 0) is 75.7 Å². The van der Waals surface area contributed by atoms with Gasteiger partial charge in [0.15, 0.2) is 11.5 Å². The molecule has 1 aliphatic rings. The Kier molecular flexibility index (Phi) is 6.65. The lowest BCUT2D eigenvalue weighted by Gasteiger charge is -2.17. The number of carboxylic acids is 1. The van der Waals surface area contributed by atoms with Crippen LogP contribution in [0.2, 0.25) is 5.02 Å². The molecular weight excluding hydrogens is 420 g/mol. The molecule has 0 bridgehead atoms. The Morgan fingerprint density at radius 1 is 1.26 bits per heavy atom. The summed E-state index contributed by atoms with van der Waals surface area (Å²) in [7, 11) is 0. The lowest BCUT2D eigenvalue weighted by atomic mass is 10.1. The molecule has 0 unspecified atom stereocenters. The van der Waals surface area contributed by atoms with Crippen LogP contribution in [-0.4, -0.2) is 35.4 Å². The molecule has 3 rings (SSSR count). The molecule has 1 aliphatic heterocycles. The van der Waals surface area contributed by atoms with E-state index in [0.717, 1.165) is 0 Å². The van der Waals surface area contributed by atoms with Gasteiger partial charge in [-0.2, -0.15) is 10.1 Å². The average Bonchev–Trinajstić information content (AvgIpc) is 2.99. The van der Waals surface area contributed by atoms with Crippen molar-refractivity contribution in [3.8, 4) is 11.5 Å². The molecule has 1 N–H and O–H groups in total. The maximum absolute atomic E-state index is 13.0. The number of carbonyl (C=O) groups excluding carboxylic acids is 1. The fourth-order valence-electron chi connectivity index (χ4n) is 3.06. The first-order valence-electron chi connectivity index (χ1n) is 9.79. The molecule has 2 aromatic rings. The minimum absolute atomic E-state index is 0.0761. The quantitative estimate of drug-likeness (QED) is 0.607. The van der Waals surface area contributed by atoms with Crippen LogP contribution in [0, 0.1) is 0 Å². The number of halogens is 1. The van der Waals surface area contributed by atoms with Crippen molar-refractivity contribution < 1.29 is 24.2 Å². The third-order valence-electron chi connectivity index (χ3n) is 4.42. The summed E-state index contributed by atoms with van der Waals surface area (Å²) in [5.74, 6) is -0.399. The zero-order valence-electron chi connectivity index (χ0n) is 17.7. The lowest BCUT2D eigenvalue weighted by molar-refractivity contribution is -0.114. The highest BCUT2D eigenvalue weighted by molar-refractivity contribution is 6.33. The third-order valence-corrected chi connectivity index (χ3v) is 4.70. The van der Waals surface area contributed by atoms with Crippen LogP contribution in [0.25, 0.3) is 6.08 Å². The van der Waals surface area contributed by atoms with E-state index in [1.807, 2.05) is 20.8 Å². The summed E-state index contributed by atoms with van der Waals surface area (Å²) in [5, 5.41) is 15.0. The van der Waals surface area contributed by atoms with Gasteiger partial charge in [0.1, 0.15) is 0 Å². The summed E-state index contributed by atoms with van der Waals surface area (Å²) in [6, 6.07) is 9.43. The number of aromatic carboxylic acids is 1. The van der Waals surface area contributed by atoms with Gasteiger partial charge < -0.3 is 14.6 Å². The molecule has 2 aromatic carbocycles. The SMILES string of the molecule is CCOc1cc(C=C2C(=O)N(c3ccc(C(=O)O)cc3)N=C2C)cc(Cl)c1OC(C)C. The topological polar surface area (TPSA) is 88.4 Å². The van der Waals surface area contributed by atoms with Gasteiger partial charge in [0.25, 0.3) is 5.91 Å². The van der Waals surface area contributed by atoms with E-state index in [1.165, 1.54) is 17.1 Å². The van der Waals surface area contributed by atoms with Crippen molar-refractivity contribution in [2.24, 2.45) is 5.10 Å². The maximum atomic E-state index is 13.0. The Hall–Kier alpha value is -3.32. The first-order valence-corrected chi connectivity index (χ1v) is 10.2. The molecule has 7 nitrogen and oxygen atoms in total. The van der Waals surface area contributed by atoms with Crippen molar-refractivity contribution in [1.82, 2.24) is 0 Å². The van der Waals surface area contributed by atoms with Crippen LogP contribution in [0.1, 0.15) is 43.6 Å². The van der Waals surface area contributed by atoms with Crippen LogP contribution in [-0.2, 0) is 4.79 Å². The second-order valence-electron chi connectivity index (χ2n) is 7.14. The second-order valence-corrected chi connectivity index (χ2v) is 7.55. The first kappa shape index (κ1) is 22.4. The van der Waals surface area contributed by atoms with Crippen molar-refractivity contribution in [3.05, 3.63) is 58.1 Å². The van der Waals surface area contributed by atoms with Crippen LogP contribution < -0.4 is 14.5 Å². The standard InChI is InChI=1S/C23H23ClN2O5/c1-5-30-20-12-15(11-19(24)21(20)31-13(2)3)10-18-14(4)25-26(22(18)27)17-8-6-16(7-9-17)23(28)29/h6-13H,5H2,1-4H3,(H,28,29). The predicted molar refractivity (Wildman–Crippen MR) is 120 cm³/mol. The molecule has 0 aromatic heterocycles. The summed E-state index contributed by atoms with van der Waals surface area (Å²) in [5.41, 5.74) is 2.22. The molecule has 0 aliphatic carbocycles. The van der Waals surface area contributed by atoms with Gasteiger partial charge in [0.05, 0.1) is 40.3 Å². The molecule has 0 saturated carbocycles. The Morgan fingerprint density at radius 2 is 1.94 bits per heavy atom. The molecule has 0 radical (unpaired) electrons. The number of carbonyl (C=O) groups is 2. The van der Waals surface area contributed by atoms with E-state index in [0.29, 0.717) is 45.7 Å². The number of hydrogen-bond acceptors (Lipinski definition) is 5. The summed E-state index contributed by atoms with van der Waals surface area (Å²) in [4.78, 5) is 24.0. The summed E-state index contributed by atoms with van der Waals surface area (Å²) in [6.45, 7) is 7.83. The monoisotopic (exact) mass is 442 g/mol. The molecule has 0 atom stereocenters. The number of hydrazone groups is 1. The number of amides is 1. The van der Waals surface area contributed by atoms with E-state index < -0.39 is 5.97 Å². The van der Waals surface area contributed by atoms with Crippen molar-refractivity contribution >= 4 is 41.0 Å². The minimum Gasteiger partial charge on any atom is -0.490 e. The zero-order valence-corrected chi connectivity index (χ0v) is 18.4. The van der Waals surface area contributed by atoms with E-state index in [1.54, 1.807) is 37.3 Å². The molecule has 1 heterocycles. The van der Waals surface area contributed by atoms with Crippen molar-refractivity contribution in [3.63, 3.8) is 0 Å². The third kappa shape index (κ3) is 4.88. The van der Waals surface area contributed by atoms with Gasteiger partial charge in [-0.15, -0.1) is 0 Å². The molecule has 0 spiro atoms. The maximum Gasteiger partial charge on any atom is 0.335 e. The molecule has 162 valence electrons. The second kappa shape index (κ2) is 9.22. The molecule has 0 fully saturated rings. The van der Waals surface area contributed by atoms with Gasteiger partial charge in [-0.3, -0.25) is 4.79 Å². The van der Waals surface area contributed by atoms with Crippen LogP contribution in [0.4, 0.5) is 5.69 Å². The largest absolute Gasteiger partial charge is 0.490 e. The van der Waals surface area contributed by atoms with Gasteiger partial charge in [0, 0.05) is 0 Å². The van der Waals surface area contributed by atoms with Gasteiger partial charge >= 0.3 is 5.97 Å². The molecule has 0 saturated heterocycles. The summed E-state index contributed by atoms with van der Waals surface area (Å²) < 4.78 is 11.5. The van der Waals surface area contributed by atoms with Crippen molar-refractivity contribution in [2.75, 3.05) is 11.6 Å². The summed E-state index contributed by atoms with van der Waals surface area (Å²) in [6.07, 6.45) is 1.62. The number of nitrogens with zero attached hydrogens (tertiary/aromatic N) is 2. The molecule has 8 heteroatoms. The first-order chi connectivity index (χ1) is 14.7. The number of benzene rings is 2. The van der Waals surface area contributed by atoms with Gasteiger partial charge in [-0.1, -0.05) is 11.6 Å². The highest BCUT2D eigenvalue weighted by Crippen LogP contribution is 2.38. The van der Waals surface area contributed by atoms with Crippen LogP contribution in [0.15, 0.2) is 47.1 Å². The number of ether oxygens (including phenoxy) is 2. The number of rotatable bonds is 7. The molecule has 31 heavy (non-hydrogen) atoms.